The quantitative estimate of drug-likeness (QED) is 0.449. The van der Waals surface area contributed by atoms with Gasteiger partial charge in [0, 0.05) is 5.02 Å². The molecule has 0 unspecified atom stereocenters. The summed E-state index contributed by atoms with van der Waals surface area (Å²) in [5.74, 6) is 0. The first-order chi connectivity index (χ1) is 11.8. The molecule has 3 aromatic rings. The van der Waals surface area contributed by atoms with Crippen molar-refractivity contribution < 1.29 is 0 Å². The van der Waals surface area contributed by atoms with Gasteiger partial charge in [-0.15, -0.1) is 0 Å². The highest BCUT2D eigenvalue weighted by Gasteiger charge is 2.12. The van der Waals surface area contributed by atoms with E-state index in [1.165, 1.54) is 55.6 Å². The molecule has 0 aromatic heterocycles. The number of halogens is 1. The van der Waals surface area contributed by atoms with Crippen LogP contribution in [0.2, 0.25) is 5.02 Å². The molecule has 0 N–H and O–H groups in total. The van der Waals surface area contributed by atoms with E-state index in [4.69, 9.17) is 11.6 Å². The number of aryl methyl sites for hydroxylation is 6. The smallest absolute Gasteiger partial charge is 0.0418 e. The maximum absolute atomic E-state index is 6.52. The first-order valence-corrected chi connectivity index (χ1v) is 9.11. The molecule has 3 rings (SSSR count). The minimum Gasteiger partial charge on any atom is -0.0843 e. The van der Waals surface area contributed by atoms with Crippen molar-refractivity contribution in [3.63, 3.8) is 0 Å². The van der Waals surface area contributed by atoms with Crippen LogP contribution in [0, 0.1) is 41.5 Å². The third kappa shape index (κ3) is 3.50. The Bertz CT molecular complexity index is 842. The van der Waals surface area contributed by atoms with Gasteiger partial charge < -0.3 is 0 Å². The molecule has 0 aliphatic carbocycles. The van der Waals surface area contributed by atoms with Crippen LogP contribution in [0.1, 0.15) is 33.4 Å². The van der Waals surface area contributed by atoms with E-state index in [0.29, 0.717) is 0 Å². The van der Waals surface area contributed by atoms with Crippen molar-refractivity contribution in [2.45, 2.75) is 41.5 Å². The van der Waals surface area contributed by atoms with Crippen molar-refractivity contribution in [3.8, 4) is 22.3 Å². The van der Waals surface area contributed by atoms with E-state index in [2.05, 4.69) is 84.0 Å². The van der Waals surface area contributed by atoms with E-state index in [-0.39, 0.29) is 0 Å². The van der Waals surface area contributed by atoms with E-state index >= 15 is 0 Å². The number of hydrogen-bond acceptors (Lipinski definition) is 0. The van der Waals surface area contributed by atoms with Gasteiger partial charge in [-0.05, 0) is 104 Å². The van der Waals surface area contributed by atoms with Crippen molar-refractivity contribution in [3.05, 3.63) is 80.9 Å². The molecule has 0 atom stereocenters. The summed E-state index contributed by atoms with van der Waals surface area (Å²) in [6.07, 6.45) is 0. The SMILES string of the molecule is Cc1cc(C)c(-c2cc(Cl)cc(-c3c(C)cc(C)cc3C)c2)c(C)c1. The van der Waals surface area contributed by atoms with Gasteiger partial charge in [0.2, 0.25) is 0 Å². The van der Waals surface area contributed by atoms with Gasteiger partial charge in [-0.25, -0.2) is 0 Å². The molecule has 0 bridgehead atoms. The Balaban J connectivity index is 2.25. The molecule has 0 aliphatic rings. The molecule has 3 aromatic carbocycles. The normalized spacial score (nSPS) is 11.0. The van der Waals surface area contributed by atoms with Crippen molar-refractivity contribution >= 4 is 11.6 Å². The minimum absolute atomic E-state index is 0.784. The summed E-state index contributed by atoms with van der Waals surface area (Å²) in [5, 5.41) is 0.784. The number of benzene rings is 3. The zero-order valence-corrected chi connectivity index (χ0v) is 16.7. The molecule has 25 heavy (non-hydrogen) atoms. The van der Waals surface area contributed by atoms with E-state index < -0.39 is 0 Å². The van der Waals surface area contributed by atoms with Crippen molar-refractivity contribution in [2.24, 2.45) is 0 Å². The summed E-state index contributed by atoms with van der Waals surface area (Å²) in [7, 11) is 0. The summed E-state index contributed by atoms with van der Waals surface area (Å²) in [4.78, 5) is 0. The van der Waals surface area contributed by atoms with E-state index in [9.17, 15) is 0 Å². The Hall–Kier alpha value is -2.05. The molecule has 0 nitrogen and oxygen atoms in total. The van der Waals surface area contributed by atoms with Gasteiger partial charge in [0.15, 0.2) is 0 Å². The van der Waals surface area contributed by atoms with Gasteiger partial charge in [0.05, 0.1) is 0 Å². The molecule has 128 valence electrons. The Labute approximate surface area is 156 Å². The second-order valence-electron chi connectivity index (χ2n) is 7.28. The fourth-order valence-corrected chi connectivity index (χ4v) is 4.38. The molecule has 0 saturated heterocycles. The fraction of sp³-hybridized carbons (Fsp3) is 0.250. The lowest BCUT2D eigenvalue weighted by molar-refractivity contribution is 1.31. The van der Waals surface area contributed by atoms with Gasteiger partial charge in [-0.1, -0.05) is 47.0 Å². The Morgan fingerprint density at radius 2 is 0.800 bits per heavy atom. The monoisotopic (exact) mass is 348 g/mol. The maximum atomic E-state index is 6.52. The molecule has 0 saturated carbocycles. The van der Waals surface area contributed by atoms with Crippen molar-refractivity contribution in [2.75, 3.05) is 0 Å². The largest absolute Gasteiger partial charge is 0.0843 e. The van der Waals surface area contributed by atoms with Crippen LogP contribution >= 0.6 is 11.6 Å². The van der Waals surface area contributed by atoms with Crippen LogP contribution in [0.5, 0.6) is 0 Å². The molecule has 1 heteroatoms. The first kappa shape index (κ1) is 17.8. The standard InChI is InChI=1S/C24H25Cl/c1-14-7-16(3)23(17(4)8-14)20-11-21(13-22(25)12-20)24-18(5)9-15(2)10-19(24)6/h7-13H,1-6H3. The lowest BCUT2D eigenvalue weighted by Crippen LogP contribution is -1.93. The summed E-state index contributed by atoms with van der Waals surface area (Å²) < 4.78 is 0. The van der Waals surface area contributed by atoms with Crippen LogP contribution in [-0.2, 0) is 0 Å². The average molecular weight is 349 g/mol. The zero-order chi connectivity index (χ0) is 18.3. The van der Waals surface area contributed by atoms with Crippen molar-refractivity contribution in [1.29, 1.82) is 0 Å². The van der Waals surface area contributed by atoms with Crippen LogP contribution in [0.15, 0.2) is 42.5 Å². The summed E-state index contributed by atoms with van der Waals surface area (Å²) in [5.41, 5.74) is 12.7. The zero-order valence-electron chi connectivity index (χ0n) is 15.9. The van der Waals surface area contributed by atoms with Gasteiger partial charge in [0.25, 0.3) is 0 Å². The van der Waals surface area contributed by atoms with Gasteiger partial charge in [0.1, 0.15) is 0 Å². The topological polar surface area (TPSA) is 0 Å². The number of rotatable bonds is 2. The lowest BCUT2D eigenvalue weighted by Gasteiger charge is -2.16. The van der Waals surface area contributed by atoms with Crippen LogP contribution in [0.25, 0.3) is 22.3 Å². The van der Waals surface area contributed by atoms with Gasteiger partial charge in [-0.3, -0.25) is 0 Å². The lowest BCUT2D eigenvalue weighted by atomic mass is 9.89. The Morgan fingerprint density at radius 1 is 0.480 bits per heavy atom. The summed E-state index contributed by atoms with van der Waals surface area (Å²) >= 11 is 6.52. The predicted octanol–water partition coefficient (Wildman–Crippen LogP) is 7.52. The molecule has 0 amide bonds. The highest BCUT2D eigenvalue weighted by Crippen LogP contribution is 2.36. The van der Waals surface area contributed by atoms with E-state index in [1.807, 2.05) is 0 Å². The first-order valence-electron chi connectivity index (χ1n) is 8.73. The maximum Gasteiger partial charge on any atom is 0.0418 e. The van der Waals surface area contributed by atoms with Crippen LogP contribution in [0.3, 0.4) is 0 Å². The highest BCUT2D eigenvalue weighted by molar-refractivity contribution is 6.31. The number of hydrogen-bond donors (Lipinski definition) is 0. The average Bonchev–Trinajstić information content (AvgIpc) is 2.44. The van der Waals surface area contributed by atoms with Gasteiger partial charge in [-0.2, -0.15) is 0 Å². The Kier molecular flexibility index (Phi) is 4.75. The van der Waals surface area contributed by atoms with Gasteiger partial charge >= 0.3 is 0 Å². The highest BCUT2D eigenvalue weighted by atomic mass is 35.5. The van der Waals surface area contributed by atoms with Crippen LogP contribution < -0.4 is 0 Å². The molecule has 0 radical (unpaired) electrons. The second-order valence-corrected chi connectivity index (χ2v) is 7.71. The minimum atomic E-state index is 0.784. The van der Waals surface area contributed by atoms with E-state index in [1.54, 1.807) is 0 Å². The summed E-state index contributed by atoms with van der Waals surface area (Å²) in [6.45, 7) is 13.0. The fourth-order valence-electron chi connectivity index (χ4n) is 4.15. The van der Waals surface area contributed by atoms with Crippen LogP contribution in [0.4, 0.5) is 0 Å². The molecule has 0 heterocycles. The third-order valence-corrected chi connectivity index (χ3v) is 5.05. The molecular formula is C24H25Cl. The molecule has 0 aliphatic heterocycles. The predicted molar refractivity (Wildman–Crippen MR) is 111 cm³/mol. The third-order valence-electron chi connectivity index (χ3n) is 4.83. The van der Waals surface area contributed by atoms with E-state index in [0.717, 1.165) is 5.02 Å². The Morgan fingerprint density at radius 3 is 1.12 bits per heavy atom. The molecular weight excluding hydrogens is 324 g/mol. The van der Waals surface area contributed by atoms with Crippen molar-refractivity contribution in [1.82, 2.24) is 0 Å². The second kappa shape index (κ2) is 6.69. The van der Waals surface area contributed by atoms with Crippen LogP contribution in [-0.4, -0.2) is 0 Å². The molecule has 0 spiro atoms. The molecule has 0 fully saturated rings. The summed E-state index contributed by atoms with van der Waals surface area (Å²) in [6, 6.07) is 15.4.